The number of benzene rings is 2. The minimum Gasteiger partial charge on any atom is -0.489 e. The van der Waals surface area contributed by atoms with Crippen LogP contribution < -0.4 is 4.74 Å². The maximum atomic E-state index is 13.5. The summed E-state index contributed by atoms with van der Waals surface area (Å²) in [4.78, 5) is 0. The number of rotatable bonds is 7. The Kier molecular flexibility index (Phi) is 5.92. The third kappa shape index (κ3) is 4.55. The quantitative estimate of drug-likeness (QED) is 0.821. The van der Waals surface area contributed by atoms with E-state index in [-0.39, 0.29) is 6.42 Å². The van der Waals surface area contributed by atoms with E-state index in [1.165, 1.54) is 18.2 Å². The molecule has 0 fully saturated rings. The zero-order valence-electron chi connectivity index (χ0n) is 12.6. The largest absolute Gasteiger partial charge is 0.489 e. The molecule has 0 aliphatic rings. The molecule has 0 saturated carbocycles. The van der Waals surface area contributed by atoms with Crippen LogP contribution in [0.4, 0.5) is 4.39 Å². The number of hydrogen-bond donors (Lipinski definition) is 2. The number of halogens is 1. The van der Waals surface area contributed by atoms with Gasteiger partial charge in [0.15, 0.2) is 0 Å². The van der Waals surface area contributed by atoms with Gasteiger partial charge in [-0.15, -0.1) is 0 Å². The zero-order chi connectivity index (χ0) is 15.9. The first-order valence-corrected chi connectivity index (χ1v) is 7.42. The first kappa shape index (κ1) is 16.5. The maximum absolute atomic E-state index is 13.5. The maximum Gasteiger partial charge on any atom is 0.125 e. The average Bonchev–Trinajstić information content (AvgIpc) is 2.54. The number of aliphatic hydroxyl groups is 2. The van der Waals surface area contributed by atoms with Crippen molar-refractivity contribution >= 4 is 0 Å². The van der Waals surface area contributed by atoms with Crippen molar-refractivity contribution in [2.45, 2.75) is 38.6 Å². The average molecular weight is 304 g/mol. The monoisotopic (exact) mass is 304 g/mol. The predicted octanol–water partition coefficient (Wildman–Crippen LogP) is 3.60. The SMILES string of the molecule is CCC(O)CC(O)c1cc(F)ccc1OCc1ccccc1. The molecule has 0 heterocycles. The Balaban J connectivity index is 2.13. The van der Waals surface area contributed by atoms with Crippen molar-refractivity contribution in [2.75, 3.05) is 0 Å². The van der Waals surface area contributed by atoms with Gasteiger partial charge in [-0.05, 0) is 30.2 Å². The van der Waals surface area contributed by atoms with Crippen LogP contribution in [0.25, 0.3) is 0 Å². The van der Waals surface area contributed by atoms with Gasteiger partial charge in [-0.3, -0.25) is 0 Å². The highest BCUT2D eigenvalue weighted by molar-refractivity contribution is 5.36. The Hall–Kier alpha value is -1.91. The predicted molar refractivity (Wildman–Crippen MR) is 83.0 cm³/mol. The highest BCUT2D eigenvalue weighted by Crippen LogP contribution is 2.30. The van der Waals surface area contributed by atoms with E-state index in [1.807, 2.05) is 37.3 Å². The third-order valence-corrected chi connectivity index (χ3v) is 3.53. The minimum absolute atomic E-state index is 0.154. The van der Waals surface area contributed by atoms with Gasteiger partial charge in [-0.2, -0.15) is 0 Å². The minimum atomic E-state index is -0.962. The molecule has 3 nitrogen and oxygen atoms in total. The fraction of sp³-hybridized carbons (Fsp3) is 0.333. The van der Waals surface area contributed by atoms with Gasteiger partial charge in [-0.1, -0.05) is 37.3 Å². The Labute approximate surface area is 130 Å². The first-order chi connectivity index (χ1) is 10.6. The fourth-order valence-corrected chi connectivity index (χ4v) is 2.20. The van der Waals surface area contributed by atoms with E-state index in [4.69, 9.17) is 4.74 Å². The van der Waals surface area contributed by atoms with E-state index < -0.39 is 18.0 Å². The summed E-state index contributed by atoms with van der Waals surface area (Å²) in [5, 5.41) is 19.9. The summed E-state index contributed by atoms with van der Waals surface area (Å²) in [7, 11) is 0. The normalized spacial score (nSPS) is 13.6. The van der Waals surface area contributed by atoms with E-state index in [2.05, 4.69) is 0 Å². The van der Waals surface area contributed by atoms with E-state index >= 15 is 0 Å². The van der Waals surface area contributed by atoms with Crippen molar-refractivity contribution in [3.05, 3.63) is 65.5 Å². The molecular weight excluding hydrogens is 283 g/mol. The van der Waals surface area contributed by atoms with Gasteiger partial charge < -0.3 is 14.9 Å². The molecule has 2 N–H and O–H groups in total. The Morgan fingerprint density at radius 2 is 1.82 bits per heavy atom. The van der Waals surface area contributed by atoms with Crippen LogP contribution in [-0.4, -0.2) is 16.3 Å². The van der Waals surface area contributed by atoms with Gasteiger partial charge >= 0.3 is 0 Å². The summed E-state index contributed by atoms with van der Waals surface area (Å²) in [6, 6.07) is 13.7. The second-order valence-corrected chi connectivity index (χ2v) is 5.27. The van der Waals surface area contributed by atoms with E-state index in [0.717, 1.165) is 5.56 Å². The molecular formula is C18H21FO3. The van der Waals surface area contributed by atoms with Gasteiger partial charge in [0.25, 0.3) is 0 Å². The summed E-state index contributed by atoms with van der Waals surface area (Å²) < 4.78 is 19.2. The molecule has 2 aromatic rings. The second kappa shape index (κ2) is 7.92. The van der Waals surface area contributed by atoms with Crippen molar-refractivity contribution in [1.82, 2.24) is 0 Å². The van der Waals surface area contributed by atoms with E-state index in [1.54, 1.807) is 0 Å². The number of ether oxygens (including phenoxy) is 1. The van der Waals surface area contributed by atoms with Gasteiger partial charge in [0.05, 0.1) is 12.2 Å². The lowest BCUT2D eigenvalue weighted by Crippen LogP contribution is -2.12. The van der Waals surface area contributed by atoms with Gasteiger partial charge in [0, 0.05) is 12.0 Å². The van der Waals surface area contributed by atoms with Gasteiger partial charge in [-0.25, -0.2) is 4.39 Å². The summed E-state index contributed by atoms with van der Waals surface area (Å²) >= 11 is 0. The Morgan fingerprint density at radius 3 is 2.50 bits per heavy atom. The molecule has 0 aliphatic heterocycles. The molecule has 0 aliphatic carbocycles. The smallest absolute Gasteiger partial charge is 0.125 e. The van der Waals surface area contributed by atoms with Crippen molar-refractivity contribution < 1.29 is 19.3 Å². The van der Waals surface area contributed by atoms with Crippen molar-refractivity contribution in [2.24, 2.45) is 0 Å². The van der Waals surface area contributed by atoms with Gasteiger partial charge in [0.1, 0.15) is 18.2 Å². The standard InChI is InChI=1S/C18H21FO3/c1-2-15(20)11-17(21)16-10-14(19)8-9-18(16)22-12-13-6-4-3-5-7-13/h3-10,15,17,20-21H,2,11-12H2,1H3. The molecule has 0 aromatic heterocycles. The molecule has 0 saturated heterocycles. The van der Waals surface area contributed by atoms with Crippen LogP contribution in [0, 0.1) is 5.82 Å². The topological polar surface area (TPSA) is 49.7 Å². The summed E-state index contributed by atoms with van der Waals surface area (Å²) in [5.74, 6) is -0.00634. The Bertz CT molecular complexity index is 586. The van der Waals surface area contributed by atoms with Crippen molar-refractivity contribution in [3.63, 3.8) is 0 Å². The molecule has 2 unspecified atom stereocenters. The third-order valence-electron chi connectivity index (χ3n) is 3.53. The molecule has 118 valence electrons. The highest BCUT2D eigenvalue weighted by atomic mass is 19.1. The highest BCUT2D eigenvalue weighted by Gasteiger charge is 2.18. The summed E-state index contributed by atoms with van der Waals surface area (Å²) in [5.41, 5.74) is 1.35. The second-order valence-electron chi connectivity index (χ2n) is 5.27. The molecule has 2 aromatic carbocycles. The molecule has 4 heteroatoms. The number of hydrogen-bond acceptors (Lipinski definition) is 3. The van der Waals surface area contributed by atoms with E-state index in [0.29, 0.717) is 24.3 Å². The molecule has 2 atom stereocenters. The first-order valence-electron chi connectivity index (χ1n) is 7.42. The van der Waals surface area contributed by atoms with Crippen molar-refractivity contribution in [1.29, 1.82) is 0 Å². The number of aliphatic hydroxyl groups excluding tert-OH is 2. The van der Waals surface area contributed by atoms with Crippen molar-refractivity contribution in [3.8, 4) is 5.75 Å². The van der Waals surface area contributed by atoms with Crippen LogP contribution in [0.2, 0.25) is 0 Å². The summed E-state index contributed by atoms with van der Waals surface area (Å²) in [6.45, 7) is 2.16. The zero-order valence-corrected chi connectivity index (χ0v) is 12.6. The lowest BCUT2D eigenvalue weighted by atomic mass is 10.0. The van der Waals surface area contributed by atoms with Crippen LogP contribution in [-0.2, 0) is 6.61 Å². The lowest BCUT2D eigenvalue weighted by molar-refractivity contribution is 0.0761. The van der Waals surface area contributed by atoms with Crippen LogP contribution >= 0.6 is 0 Å². The van der Waals surface area contributed by atoms with Gasteiger partial charge in [0.2, 0.25) is 0 Å². The van der Waals surface area contributed by atoms with Crippen LogP contribution in [0.1, 0.15) is 37.0 Å². The molecule has 0 spiro atoms. The van der Waals surface area contributed by atoms with E-state index in [9.17, 15) is 14.6 Å². The summed E-state index contributed by atoms with van der Waals surface area (Å²) in [6.07, 6.45) is -0.898. The molecule has 2 rings (SSSR count). The molecule has 0 radical (unpaired) electrons. The fourth-order valence-electron chi connectivity index (χ4n) is 2.20. The lowest BCUT2D eigenvalue weighted by Gasteiger charge is -2.18. The Morgan fingerprint density at radius 1 is 1.09 bits per heavy atom. The molecule has 0 bridgehead atoms. The van der Waals surface area contributed by atoms with Crippen LogP contribution in [0.3, 0.4) is 0 Å². The van der Waals surface area contributed by atoms with Crippen LogP contribution in [0.5, 0.6) is 5.75 Å². The van der Waals surface area contributed by atoms with Crippen LogP contribution in [0.15, 0.2) is 48.5 Å². The molecule has 0 amide bonds. The molecule has 22 heavy (non-hydrogen) atoms.